The van der Waals surface area contributed by atoms with Gasteiger partial charge in [0.2, 0.25) is 0 Å². The molecule has 2 saturated heterocycles. The summed E-state index contributed by atoms with van der Waals surface area (Å²) in [6.07, 6.45) is 2.12. The van der Waals surface area contributed by atoms with Crippen molar-refractivity contribution in [2.75, 3.05) is 51.4 Å². The number of ether oxygens (including phenoxy) is 2. The van der Waals surface area contributed by atoms with E-state index in [-0.39, 0.29) is 6.10 Å². The fraction of sp³-hybridized carbons (Fsp3) is 0.538. The number of anilines is 1. The fourth-order valence-electron chi connectivity index (χ4n) is 4.88. The van der Waals surface area contributed by atoms with Crippen LogP contribution in [0.25, 0.3) is 0 Å². The van der Waals surface area contributed by atoms with E-state index in [0.29, 0.717) is 12.5 Å². The van der Waals surface area contributed by atoms with Crippen molar-refractivity contribution in [2.24, 2.45) is 0 Å². The van der Waals surface area contributed by atoms with Gasteiger partial charge in [0.1, 0.15) is 0 Å². The molecule has 1 N–H and O–H groups in total. The van der Waals surface area contributed by atoms with Crippen molar-refractivity contribution in [3.8, 4) is 0 Å². The van der Waals surface area contributed by atoms with Crippen LogP contribution in [0.15, 0.2) is 54.6 Å². The zero-order valence-corrected chi connectivity index (χ0v) is 18.9. The molecule has 2 aromatic rings. The molecule has 31 heavy (non-hydrogen) atoms. The highest BCUT2D eigenvalue weighted by Crippen LogP contribution is 2.36. The van der Waals surface area contributed by atoms with Crippen molar-refractivity contribution in [3.05, 3.63) is 65.7 Å². The Morgan fingerprint density at radius 2 is 1.58 bits per heavy atom. The first-order valence-electron chi connectivity index (χ1n) is 11.5. The Labute approximate surface area is 186 Å². The summed E-state index contributed by atoms with van der Waals surface area (Å²) in [6, 6.07) is 19.6. The van der Waals surface area contributed by atoms with E-state index in [4.69, 9.17) is 9.47 Å². The van der Waals surface area contributed by atoms with Crippen LogP contribution in [0.4, 0.5) is 5.69 Å². The van der Waals surface area contributed by atoms with Crippen LogP contribution in [-0.2, 0) is 9.47 Å². The molecule has 2 fully saturated rings. The average Bonchev–Trinajstić information content (AvgIpc) is 2.84. The summed E-state index contributed by atoms with van der Waals surface area (Å²) in [5.41, 5.74) is 3.07. The van der Waals surface area contributed by atoms with Crippen LogP contribution in [0.1, 0.15) is 49.5 Å². The predicted molar refractivity (Wildman–Crippen MR) is 124 cm³/mol. The molecule has 5 nitrogen and oxygen atoms in total. The van der Waals surface area contributed by atoms with Crippen LogP contribution in [0.5, 0.6) is 0 Å². The molecule has 2 heterocycles. The molecule has 0 spiro atoms. The number of aliphatic hydroxyl groups is 1. The maximum atomic E-state index is 11.3. The Balaban J connectivity index is 1.33. The SMILES string of the molecule is COC(CC1(O)CCN(C(C)c2ccc(N3CCOCC3)cc2)CC1)c1ccccc1. The number of benzene rings is 2. The van der Waals surface area contributed by atoms with E-state index in [1.807, 2.05) is 18.2 Å². The molecule has 0 aliphatic carbocycles. The standard InChI is InChI=1S/C26H36N2O3/c1-21(22-8-10-24(11-9-22)28-16-18-31-19-17-28)27-14-12-26(29,13-15-27)20-25(30-2)23-6-4-3-5-7-23/h3-11,21,25,29H,12-20H2,1-2H3. The zero-order chi connectivity index (χ0) is 21.7. The normalized spacial score (nSPS) is 21.6. The molecule has 0 aromatic heterocycles. The third kappa shape index (κ3) is 5.47. The minimum absolute atomic E-state index is 0.0668. The third-order valence-electron chi connectivity index (χ3n) is 7.05. The molecule has 0 bridgehead atoms. The average molecular weight is 425 g/mol. The molecule has 168 valence electrons. The minimum Gasteiger partial charge on any atom is -0.390 e. The van der Waals surface area contributed by atoms with Crippen molar-refractivity contribution in [1.82, 2.24) is 4.90 Å². The van der Waals surface area contributed by atoms with Gasteiger partial charge in [-0.2, -0.15) is 0 Å². The van der Waals surface area contributed by atoms with Gasteiger partial charge in [0.05, 0.1) is 24.9 Å². The summed E-state index contributed by atoms with van der Waals surface area (Å²) >= 11 is 0. The first-order valence-corrected chi connectivity index (χ1v) is 11.5. The maximum absolute atomic E-state index is 11.3. The van der Waals surface area contributed by atoms with Crippen LogP contribution >= 0.6 is 0 Å². The van der Waals surface area contributed by atoms with Gasteiger partial charge in [-0.25, -0.2) is 0 Å². The van der Waals surface area contributed by atoms with Crippen LogP contribution < -0.4 is 4.90 Å². The Morgan fingerprint density at radius 3 is 2.19 bits per heavy atom. The molecule has 0 saturated carbocycles. The van der Waals surface area contributed by atoms with Gasteiger partial charge < -0.3 is 19.5 Å². The number of hydrogen-bond donors (Lipinski definition) is 1. The van der Waals surface area contributed by atoms with Crippen LogP contribution in [0.2, 0.25) is 0 Å². The van der Waals surface area contributed by atoms with E-state index in [2.05, 4.69) is 53.1 Å². The van der Waals surface area contributed by atoms with E-state index in [0.717, 1.165) is 57.8 Å². The molecule has 2 aliphatic heterocycles. The smallest absolute Gasteiger partial charge is 0.0848 e. The fourth-order valence-corrected chi connectivity index (χ4v) is 4.88. The second-order valence-electron chi connectivity index (χ2n) is 8.97. The highest BCUT2D eigenvalue weighted by molar-refractivity contribution is 5.48. The Bertz CT molecular complexity index is 797. The summed E-state index contributed by atoms with van der Waals surface area (Å²) in [5.74, 6) is 0. The highest BCUT2D eigenvalue weighted by Gasteiger charge is 2.36. The van der Waals surface area contributed by atoms with Crippen molar-refractivity contribution in [3.63, 3.8) is 0 Å². The summed E-state index contributed by atoms with van der Waals surface area (Å²) in [6.45, 7) is 7.61. The van der Waals surface area contributed by atoms with E-state index in [1.54, 1.807) is 7.11 Å². The van der Waals surface area contributed by atoms with Crippen molar-refractivity contribution in [1.29, 1.82) is 0 Å². The van der Waals surface area contributed by atoms with E-state index >= 15 is 0 Å². The Morgan fingerprint density at radius 1 is 0.935 bits per heavy atom. The van der Waals surface area contributed by atoms with Gasteiger partial charge >= 0.3 is 0 Å². The number of hydrogen-bond acceptors (Lipinski definition) is 5. The summed E-state index contributed by atoms with van der Waals surface area (Å²) < 4.78 is 11.2. The molecule has 0 radical (unpaired) electrons. The number of nitrogens with zero attached hydrogens (tertiary/aromatic N) is 2. The van der Waals surface area contributed by atoms with Crippen LogP contribution in [-0.4, -0.2) is 62.1 Å². The first-order chi connectivity index (χ1) is 15.1. The quantitative estimate of drug-likeness (QED) is 0.722. The molecule has 2 unspecified atom stereocenters. The lowest BCUT2D eigenvalue weighted by Crippen LogP contribution is -2.46. The number of piperidine rings is 1. The number of likely N-dealkylation sites (tertiary alicyclic amines) is 1. The lowest BCUT2D eigenvalue weighted by Gasteiger charge is -2.42. The van der Waals surface area contributed by atoms with Gasteiger partial charge in [0.25, 0.3) is 0 Å². The number of methoxy groups -OCH3 is 1. The van der Waals surface area contributed by atoms with Gasteiger partial charge in [-0.3, -0.25) is 4.90 Å². The predicted octanol–water partition coefficient (Wildman–Crippen LogP) is 4.19. The van der Waals surface area contributed by atoms with Crippen molar-refractivity contribution in [2.45, 2.75) is 43.9 Å². The monoisotopic (exact) mass is 424 g/mol. The van der Waals surface area contributed by atoms with Crippen molar-refractivity contribution < 1.29 is 14.6 Å². The molecule has 5 heteroatoms. The highest BCUT2D eigenvalue weighted by atomic mass is 16.5. The second kappa shape index (κ2) is 10.1. The topological polar surface area (TPSA) is 45.2 Å². The largest absolute Gasteiger partial charge is 0.390 e. The van der Waals surface area contributed by atoms with E-state index in [1.165, 1.54) is 11.3 Å². The molecule has 2 aromatic carbocycles. The van der Waals surface area contributed by atoms with Gasteiger partial charge in [-0.1, -0.05) is 42.5 Å². The summed E-state index contributed by atoms with van der Waals surface area (Å²) in [4.78, 5) is 4.88. The maximum Gasteiger partial charge on any atom is 0.0848 e. The Hall–Kier alpha value is -1.92. The third-order valence-corrected chi connectivity index (χ3v) is 7.05. The molecule has 2 aliphatic rings. The lowest BCUT2D eigenvalue weighted by molar-refractivity contribution is -0.0689. The zero-order valence-electron chi connectivity index (χ0n) is 18.9. The van der Waals surface area contributed by atoms with Gasteiger partial charge in [0.15, 0.2) is 0 Å². The van der Waals surface area contributed by atoms with Gasteiger partial charge in [0, 0.05) is 51.4 Å². The van der Waals surface area contributed by atoms with Crippen LogP contribution in [0, 0.1) is 0 Å². The Kier molecular flexibility index (Phi) is 7.28. The number of morpholine rings is 1. The molecular weight excluding hydrogens is 388 g/mol. The molecule has 0 amide bonds. The van der Waals surface area contributed by atoms with Crippen molar-refractivity contribution >= 4 is 5.69 Å². The van der Waals surface area contributed by atoms with Crippen LogP contribution in [0.3, 0.4) is 0 Å². The molecule has 4 rings (SSSR count). The van der Waals surface area contributed by atoms with E-state index < -0.39 is 5.60 Å². The lowest BCUT2D eigenvalue weighted by atomic mass is 9.83. The molecule has 2 atom stereocenters. The van der Waals surface area contributed by atoms with Gasteiger partial charge in [-0.15, -0.1) is 0 Å². The second-order valence-corrected chi connectivity index (χ2v) is 8.97. The van der Waals surface area contributed by atoms with E-state index in [9.17, 15) is 5.11 Å². The first kappa shape index (κ1) is 22.3. The summed E-state index contributed by atoms with van der Waals surface area (Å²) in [7, 11) is 1.73. The minimum atomic E-state index is -0.674. The molecular formula is C26H36N2O3. The number of rotatable bonds is 7. The van der Waals surface area contributed by atoms with Gasteiger partial charge in [-0.05, 0) is 43.0 Å². The summed E-state index contributed by atoms with van der Waals surface area (Å²) in [5, 5.41) is 11.3.